The Kier molecular flexibility index (Phi) is 4.54. The van der Waals surface area contributed by atoms with Crippen molar-refractivity contribution in [1.29, 1.82) is 0 Å². The molecule has 1 aliphatic heterocycles. The highest BCUT2D eigenvalue weighted by atomic mass is 19.1. The normalized spacial score (nSPS) is 25.1. The summed E-state index contributed by atoms with van der Waals surface area (Å²) in [5.41, 5.74) is 6.79. The predicted octanol–water partition coefficient (Wildman–Crippen LogP) is 3.05. The third kappa shape index (κ3) is 3.35. The van der Waals surface area contributed by atoms with Crippen LogP contribution in [0.1, 0.15) is 38.8 Å². The number of rotatable bonds is 3. The lowest BCUT2D eigenvalue weighted by Gasteiger charge is -2.39. The minimum Gasteiger partial charge on any atom is -0.494 e. The third-order valence-electron chi connectivity index (χ3n) is 4.13. The number of halogens is 2. The molecule has 0 aromatic heterocycles. The van der Waals surface area contributed by atoms with Crippen molar-refractivity contribution in [1.82, 2.24) is 4.90 Å². The minimum absolute atomic E-state index is 0.132. The quantitative estimate of drug-likeness (QED) is 0.932. The van der Waals surface area contributed by atoms with E-state index in [-0.39, 0.29) is 17.3 Å². The smallest absolute Gasteiger partial charge is 0.165 e. The number of methoxy groups -OCH3 is 1. The third-order valence-corrected chi connectivity index (χ3v) is 4.13. The lowest BCUT2D eigenvalue weighted by Crippen LogP contribution is -2.48. The molecule has 1 saturated heterocycles. The molecule has 1 fully saturated rings. The molecule has 5 heteroatoms. The first-order chi connectivity index (χ1) is 9.74. The Bertz CT molecular complexity index is 502. The van der Waals surface area contributed by atoms with Gasteiger partial charge in [-0.2, -0.15) is 0 Å². The summed E-state index contributed by atoms with van der Waals surface area (Å²) < 4.78 is 32.6. The van der Waals surface area contributed by atoms with Crippen molar-refractivity contribution in [3.8, 4) is 5.75 Å². The van der Waals surface area contributed by atoms with Crippen LogP contribution in [0.5, 0.6) is 5.75 Å². The van der Waals surface area contributed by atoms with E-state index in [1.54, 1.807) is 12.1 Å². The number of hydrogen-bond acceptors (Lipinski definition) is 3. The van der Waals surface area contributed by atoms with Crippen molar-refractivity contribution in [3.05, 3.63) is 29.6 Å². The maximum atomic E-state index is 13.8. The molecule has 0 bridgehead atoms. The van der Waals surface area contributed by atoms with Gasteiger partial charge in [-0.15, -0.1) is 0 Å². The van der Waals surface area contributed by atoms with Crippen LogP contribution < -0.4 is 10.5 Å². The van der Waals surface area contributed by atoms with Crippen LogP contribution in [-0.2, 0) is 0 Å². The fourth-order valence-electron chi connectivity index (χ4n) is 3.04. The molecule has 2 rings (SSSR count). The lowest BCUT2D eigenvalue weighted by molar-refractivity contribution is 0.102. The van der Waals surface area contributed by atoms with Crippen molar-refractivity contribution >= 4 is 0 Å². The zero-order valence-electron chi connectivity index (χ0n) is 13.1. The van der Waals surface area contributed by atoms with Gasteiger partial charge >= 0.3 is 0 Å². The van der Waals surface area contributed by atoms with Crippen LogP contribution in [0.2, 0.25) is 0 Å². The molecule has 1 aromatic carbocycles. The van der Waals surface area contributed by atoms with Crippen molar-refractivity contribution in [2.24, 2.45) is 5.73 Å². The second kappa shape index (κ2) is 5.89. The Balaban J connectivity index is 2.26. The van der Waals surface area contributed by atoms with Crippen LogP contribution in [0, 0.1) is 5.82 Å². The highest BCUT2D eigenvalue weighted by Gasteiger charge is 2.41. The molecule has 0 unspecified atom stereocenters. The second-order valence-corrected chi connectivity index (χ2v) is 6.64. The molecule has 1 aromatic rings. The van der Waals surface area contributed by atoms with Crippen molar-refractivity contribution in [2.75, 3.05) is 13.7 Å². The summed E-state index contributed by atoms with van der Waals surface area (Å²) in [5.74, 6) is -0.254. The van der Waals surface area contributed by atoms with Gasteiger partial charge in [-0.25, -0.2) is 8.78 Å². The molecular weight excluding hydrogens is 274 g/mol. The topological polar surface area (TPSA) is 38.5 Å². The van der Waals surface area contributed by atoms with Crippen LogP contribution in [0.3, 0.4) is 0 Å². The summed E-state index contributed by atoms with van der Waals surface area (Å²) >= 11 is 0. The Morgan fingerprint density at radius 1 is 1.38 bits per heavy atom. The van der Waals surface area contributed by atoms with Crippen molar-refractivity contribution in [3.63, 3.8) is 0 Å². The van der Waals surface area contributed by atoms with E-state index in [2.05, 4.69) is 4.90 Å². The van der Waals surface area contributed by atoms with Crippen LogP contribution in [0.4, 0.5) is 8.78 Å². The van der Waals surface area contributed by atoms with E-state index in [1.165, 1.54) is 13.2 Å². The summed E-state index contributed by atoms with van der Waals surface area (Å²) in [6.07, 6.45) is -0.505. The molecule has 1 heterocycles. The fourth-order valence-corrected chi connectivity index (χ4v) is 3.04. The van der Waals surface area contributed by atoms with Crippen LogP contribution >= 0.6 is 0 Å². The maximum Gasteiger partial charge on any atom is 0.165 e. The first-order valence-electron chi connectivity index (χ1n) is 7.24. The molecule has 0 amide bonds. The van der Waals surface area contributed by atoms with E-state index in [9.17, 15) is 8.78 Å². The summed E-state index contributed by atoms with van der Waals surface area (Å²) in [6, 6.07) is 4.14. The molecule has 3 atom stereocenters. The monoisotopic (exact) mass is 298 g/mol. The summed E-state index contributed by atoms with van der Waals surface area (Å²) in [5, 5.41) is 0. The largest absolute Gasteiger partial charge is 0.494 e. The first-order valence-corrected chi connectivity index (χ1v) is 7.24. The van der Waals surface area contributed by atoms with Gasteiger partial charge in [0, 0.05) is 24.2 Å². The van der Waals surface area contributed by atoms with Gasteiger partial charge < -0.3 is 10.5 Å². The zero-order chi connectivity index (χ0) is 15.8. The van der Waals surface area contributed by atoms with E-state index in [1.807, 2.05) is 20.8 Å². The number of nitrogens with two attached hydrogens (primary N) is 1. The van der Waals surface area contributed by atoms with Crippen molar-refractivity contribution in [2.45, 2.75) is 51.0 Å². The Morgan fingerprint density at radius 3 is 2.57 bits per heavy atom. The summed E-state index contributed by atoms with van der Waals surface area (Å²) in [4.78, 5) is 2.07. The molecule has 0 radical (unpaired) electrons. The maximum absolute atomic E-state index is 13.8. The van der Waals surface area contributed by atoms with Gasteiger partial charge in [-0.1, -0.05) is 6.07 Å². The molecule has 1 aliphatic rings. The number of likely N-dealkylation sites (tertiary alicyclic amines) is 1. The van der Waals surface area contributed by atoms with E-state index in [0.29, 0.717) is 18.5 Å². The lowest BCUT2D eigenvalue weighted by atomic mass is 9.95. The van der Waals surface area contributed by atoms with E-state index < -0.39 is 18.0 Å². The van der Waals surface area contributed by atoms with E-state index >= 15 is 0 Å². The van der Waals surface area contributed by atoms with E-state index in [4.69, 9.17) is 10.5 Å². The molecule has 0 spiro atoms. The number of ether oxygens (including phenoxy) is 1. The van der Waals surface area contributed by atoms with E-state index in [0.717, 1.165) is 0 Å². The average molecular weight is 298 g/mol. The van der Waals surface area contributed by atoms with Gasteiger partial charge in [-0.3, -0.25) is 4.90 Å². The van der Waals surface area contributed by atoms with Crippen LogP contribution in [0.25, 0.3) is 0 Å². The molecule has 2 N–H and O–H groups in total. The van der Waals surface area contributed by atoms with Gasteiger partial charge in [0.15, 0.2) is 11.6 Å². The predicted molar refractivity (Wildman–Crippen MR) is 79.6 cm³/mol. The van der Waals surface area contributed by atoms with Gasteiger partial charge in [0.1, 0.15) is 6.17 Å². The zero-order valence-corrected chi connectivity index (χ0v) is 13.1. The molecule has 118 valence electrons. The molecule has 21 heavy (non-hydrogen) atoms. The molecular formula is C16H24F2N2O. The number of hydrogen-bond donors (Lipinski definition) is 1. The van der Waals surface area contributed by atoms with Crippen LogP contribution in [-0.4, -0.2) is 36.3 Å². The molecule has 0 aliphatic carbocycles. The molecule has 0 saturated carbocycles. The highest BCUT2D eigenvalue weighted by Crippen LogP contribution is 2.35. The van der Waals surface area contributed by atoms with Gasteiger partial charge in [0.2, 0.25) is 0 Å². The van der Waals surface area contributed by atoms with Gasteiger partial charge in [-0.05, 0) is 44.9 Å². The number of benzene rings is 1. The Labute approximate surface area is 125 Å². The summed E-state index contributed by atoms with van der Waals surface area (Å²) in [7, 11) is 1.42. The second-order valence-electron chi connectivity index (χ2n) is 6.64. The van der Waals surface area contributed by atoms with Gasteiger partial charge in [0.25, 0.3) is 0 Å². The average Bonchev–Trinajstić information content (AvgIpc) is 2.80. The Hall–Kier alpha value is -1.20. The minimum atomic E-state index is -0.886. The SMILES string of the molecule is COc1ccc([C@H](N)[C@H]2C[C@H](F)CN2C(C)(C)C)cc1F. The van der Waals surface area contributed by atoms with Crippen molar-refractivity contribution < 1.29 is 13.5 Å². The number of alkyl halides is 1. The first kappa shape index (κ1) is 16.2. The molecule has 3 nitrogen and oxygen atoms in total. The van der Waals surface area contributed by atoms with Crippen LogP contribution in [0.15, 0.2) is 18.2 Å². The highest BCUT2D eigenvalue weighted by molar-refractivity contribution is 5.32. The van der Waals surface area contributed by atoms with Gasteiger partial charge in [0.05, 0.1) is 7.11 Å². The summed E-state index contributed by atoms with van der Waals surface area (Å²) in [6.45, 7) is 6.50. The number of nitrogens with zero attached hydrogens (tertiary/aromatic N) is 1. The standard InChI is InChI=1S/C16H24F2N2O/c1-16(2,3)20-9-11(17)8-13(20)15(19)10-5-6-14(21-4)12(18)7-10/h5-7,11,13,15H,8-9,19H2,1-4H3/t11-,13+,15-/m0/s1. The fraction of sp³-hybridized carbons (Fsp3) is 0.625. The Morgan fingerprint density at radius 2 is 2.05 bits per heavy atom.